The lowest BCUT2D eigenvalue weighted by atomic mass is 10.1. The van der Waals surface area contributed by atoms with E-state index in [0.29, 0.717) is 13.1 Å². The zero-order valence-corrected chi connectivity index (χ0v) is 11.3. The summed E-state index contributed by atoms with van der Waals surface area (Å²) in [7, 11) is 0. The van der Waals surface area contributed by atoms with Gasteiger partial charge < -0.3 is 20.6 Å². The van der Waals surface area contributed by atoms with Gasteiger partial charge in [-0.05, 0) is 13.5 Å². The molecule has 2 amide bonds. The van der Waals surface area contributed by atoms with Gasteiger partial charge in [-0.3, -0.25) is 14.4 Å². The Morgan fingerprint density at radius 3 is 2.84 bits per heavy atom. The highest BCUT2D eigenvalue weighted by atomic mass is 16.4. The van der Waals surface area contributed by atoms with Crippen molar-refractivity contribution in [3.05, 3.63) is 0 Å². The van der Waals surface area contributed by atoms with Crippen molar-refractivity contribution in [1.82, 2.24) is 15.5 Å². The lowest BCUT2D eigenvalue weighted by molar-refractivity contribution is -0.148. The van der Waals surface area contributed by atoms with Crippen molar-refractivity contribution in [1.29, 1.82) is 0 Å². The fourth-order valence-corrected chi connectivity index (χ4v) is 2.18. The smallest absolute Gasteiger partial charge is 0.305 e. The monoisotopic (exact) mass is 271 g/mol. The lowest BCUT2D eigenvalue weighted by Gasteiger charge is -2.35. The SMILES string of the molecule is CCNC(C)CC(=O)N1CCNC(=O)C1CC(=O)O. The number of carbonyl (C=O) groups excluding carboxylic acids is 2. The molecule has 1 aliphatic heterocycles. The molecule has 1 heterocycles. The van der Waals surface area contributed by atoms with E-state index >= 15 is 0 Å². The molecule has 0 radical (unpaired) electrons. The molecule has 0 spiro atoms. The molecule has 1 saturated heterocycles. The molecule has 2 unspecified atom stereocenters. The molecule has 0 bridgehead atoms. The van der Waals surface area contributed by atoms with Crippen LogP contribution in [0.5, 0.6) is 0 Å². The van der Waals surface area contributed by atoms with Gasteiger partial charge in [-0.2, -0.15) is 0 Å². The molecule has 0 aromatic carbocycles. The summed E-state index contributed by atoms with van der Waals surface area (Å²) in [5.41, 5.74) is 0. The highest BCUT2D eigenvalue weighted by Crippen LogP contribution is 2.11. The van der Waals surface area contributed by atoms with Crippen LogP contribution in [0.25, 0.3) is 0 Å². The molecule has 7 nitrogen and oxygen atoms in total. The highest BCUT2D eigenvalue weighted by molar-refractivity contribution is 5.91. The van der Waals surface area contributed by atoms with Gasteiger partial charge in [0.05, 0.1) is 6.42 Å². The van der Waals surface area contributed by atoms with E-state index in [9.17, 15) is 14.4 Å². The number of aliphatic carboxylic acids is 1. The first-order valence-corrected chi connectivity index (χ1v) is 6.48. The molecule has 1 fully saturated rings. The molecule has 0 saturated carbocycles. The number of nitrogens with zero attached hydrogens (tertiary/aromatic N) is 1. The van der Waals surface area contributed by atoms with Crippen LogP contribution in [-0.2, 0) is 14.4 Å². The van der Waals surface area contributed by atoms with Crippen LogP contribution in [0.2, 0.25) is 0 Å². The summed E-state index contributed by atoms with van der Waals surface area (Å²) in [4.78, 5) is 36.0. The van der Waals surface area contributed by atoms with Crippen molar-refractivity contribution in [3.63, 3.8) is 0 Å². The van der Waals surface area contributed by atoms with E-state index in [1.54, 1.807) is 0 Å². The van der Waals surface area contributed by atoms with Crippen LogP contribution in [0.1, 0.15) is 26.7 Å². The molecular formula is C12H21N3O4. The molecule has 2 atom stereocenters. The minimum absolute atomic E-state index is 0.00738. The van der Waals surface area contributed by atoms with Crippen LogP contribution in [0, 0.1) is 0 Å². The number of amides is 2. The summed E-state index contributed by atoms with van der Waals surface area (Å²) in [6.07, 6.45) is -0.0929. The maximum Gasteiger partial charge on any atom is 0.305 e. The highest BCUT2D eigenvalue weighted by Gasteiger charge is 2.34. The summed E-state index contributed by atoms with van der Waals surface area (Å²) < 4.78 is 0. The quantitative estimate of drug-likeness (QED) is 0.586. The second kappa shape index (κ2) is 7.08. The van der Waals surface area contributed by atoms with Crippen molar-refractivity contribution in [2.24, 2.45) is 0 Å². The molecule has 3 N–H and O–H groups in total. The van der Waals surface area contributed by atoms with Gasteiger partial charge in [0.25, 0.3) is 0 Å². The fraction of sp³-hybridized carbons (Fsp3) is 0.750. The molecular weight excluding hydrogens is 250 g/mol. The summed E-state index contributed by atoms with van der Waals surface area (Å²) in [5.74, 6) is -1.66. The number of hydrogen-bond acceptors (Lipinski definition) is 4. The molecule has 1 aliphatic rings. The number of piperazine rings is 1. The van der Waals surface area contributed by atoms with Gasteiger partial charge in [-0.1, -0.05) is 6.92 Å². The largest absolute Gasteiger partial charge is 0.481 e. The van der Waals surface area contributed by atoms with Crippen molar-refractivity contribution in [2.45, 2.75) is 38.8 Å². The standard InChI is InChI=1S/C12H21N3O4/c1-3-13-8(2)6-10(16)15-5-4-14-12(19)9(15)7-11(17)18/h8-9,13H,3-7H2,1-2H3,(H,14,19)(H,17,18). The first-order valence-electron chi connectivity index (χ1n) is 6.48. The fourth-order valence-electron chi connectivity index (χ4n) is 2.18. The Labute approximate surface area is 112 Å². The summed E-state index contributed by atoms with van der Waals surface area (Å²) in [6, 6.07) is -0.888. The Balaban J connectivity index is 2.68. The maximum absolute atomic E-state index is 12.1. The zero-order valence-electron chi connectivity index (χ0n) is 11.3. The average Bonchev–Trinajstić information content (AvgIpc) is 2.31. The Morgan fingerprint density at radius 1 is 1.58 bits per heavy atom. The lowest BCUT2D eigenvalue weighted by Crippen LogP contribution is -2.58. The minimum Gasteiger partial charge on any atom is -0.481 e. The van der Waals surface area contributed by atoms with Crippen LogP contribution in [0.4, 0.5) is 0 Å². The van der Waals surface area contributed by atoms with Gasteiger partial charge in [0.2, 0.25) is 11.8 Å². The Bertz CT molecular complexity index is 359. The maximum atomic E-state index is 12.1. The van der Waals surface area contributed by atoms with E-state index in [1.807, 2.05) is 13.8 Å². The summed E-state index contributed by atoms with van der Waals surface area (Å²) >= 11 is 0. The van der Waals surface area contributed by atoms with Crippen molar-refractivity contribution < 1.29 is 19.5 Å². The van der Waals surface area contributed by atoms with E-state index in [4.69, 9.17) is 5.11 Å². The van der Waals surface area contributed by atoms with Crippen molar-refractivity contribution in [2.75, 3.05) is 19.6 Å². The van der Waals surface area contributed by atoms with E-state index < -0.39 is 17.9 Å². The van der Waals surface area contributed by atoms with Crippen LogP contribution in [0.15, 0.2) is 0 Å². The van der Waals surface area contributed by atoms with Crippen LogP contribution < -0.4 is 10.6 Å². The third-order valence-corrected chi connectivity index (χ3v) is 3.05. The van der Waals surface area contributed by atoms with E-state index in [0.717, 1.165) is 6.54 Å². The molecule has 1 rings (SSSR count). The molecule has 19 heavy (non-hydrogen) atoms. The zero-order chi connectivity index (χ0) is 14.4. The van der Waals surface area contributed by atoms with Crippen molar-refractivity contribution >= 4 is 17.8 Å². The summed E-state index contributed by atoms with van der Waals surface area (Å²) in [5, 5.41) is 14.5. The number of nitrogens with one attached hydrogen (secondary N) is 2. The molecule has 0 aliphatic carbocycles. The number of hydrogen-bond donors (Lipinski definition) is 3. The van der Waals surface area contributed by atoms with Gasteiger partial charge in [0.1, 0.15) is 6.04 Å². The van der Waals surface area contributed by atoms with Crippen LogP contribution >= 0.6 is 0 Å². The Hall–Kier alpha value is -1.63. The molecule has 0 aromatic rings. The summed E-state index contributed by atoms with van der Waals surface area (Å²) in [6.45, 7) is 5.32. The molecule has 108 valence electrons. The number of carbonyl (C=O) groups is 3. The normalized spacial score (nSPS) is 20.8. The number of carboxylic acid groups (broad SMARTS) is 1. The van der Waals surface area contributed by atoms with Gasteiger partial charge in [-0.25, -0.2) is 0 Å². The van der Waals surface area contributed by atoms with Crippen LogP contribution in [-0.4, -0.2) is 59.5 Å². The average molecular weight is 271 g/mol. The first-order chi connectivity index (χ1) is 8.95. The third-order valence-electron chi connectivity index (χ3n) is 3.05. The predicted octanol–water partition coefficient (Wildman–Crippen LogP) is -0.824. The van der Waals surface area contributed by atoms with E-state index in [1.165, 1.54) is 4.90 Å². The Kier molecular flexibility index (Phi) is 5.75. The topological polar surface area (TPSA) is 98.7 Å². The van der Waals surface area contributed by atoms with Gasteiger partial charge in [0, 0.05) is 25.6 Å². The van der Waals surface area contributed by atoms with Crippen LogP contribution in [0.3, 0.4) is 0 Å². The first kappa shape index (κ1) is 15.4. The predicted molar refractivity (Wildman–Crippen MR) is 68.5 cm³/mol. The number of carboxylic acids is 1. The van der Waals surface area contributed by atoms with E-state index in [-0.39, 0.29) is 24.8 Å². The molecule has 7 heteroatoms. The molecule has 0 aromatic heterocycles. The Morgan fingerprint density at radius 2 is 2.26 bits per heavy atom. The van der Waals surface area contributed by atoms with Gasteiger partial charge in [0.15, 0.2) is 0 Å². The van der Waals surface area contributed by atoms with Gasteiger partial charge in [-0.15, -0.1) is 0 Å². The number of rotatable bonds is 6. The van der Waals surface area contributed by atoms with Gasteiger partial charge >= 0.3 is 5.97 Å². The third kappa shape index (κ3) is 4.51. The van der Waals surface area contributed by atoms with Crippen molar-refractivity contribution in [3.8, 4) is 0 Å². The van der Waals surface area contributed by atoms with E-state index in [2.05, 4.69) is 10.6 Å². The second-order valence-electron chi connectivity index (χ2n) is 4.65. The second-order valence-corrected chi connectivity index (χ2v) is 4.65. The minimum atomic E-state index is -1.08.